The number of ether oxygens (including phenoxy) is 1. The van der Waals surface area contributed by atoms with Crippen molar-refractivity contribution in [1.29, 1.82) is 0 Å². The fraction of sp³-hybridized carbons (Fsp3) is 0.368. The molecule has 0 saturated carbocycles. The molecule has 1 aromatic carbocycles. The second kappa shape index (κ2) is 9.75. The maximum atomic E-state index is 12.6. The number of nitrogens with zero attached hydrogens (tertiary/aromatic N) is 2. The number of pyridine rings is 1. The first-order valence-corrected chi connectivity index (χ1v) is 8.97. The summed E-state index contributed by atoms with van der Waals surface area (Å²) in [7, 11) is 0. The minimum atomic E-state index is -4.85. The van der Waals surface area contributed by atoms with Gasteiger partial charge < -0.3 is 14.7 Å². The predicted octanol–water partition coefficient (Wildman–Crippen LogP) is 4.15. The summed E-state index contributed by atoms with van der Waals surface area (Å²) < 4.78 is 40.8. The maximum Gasteiger partial charge on any atom is 0.573 e. The van der Waals surface area contributed by atoms with Crippen molar-refractivity contribution in [2.75, 3.05) is 13.1 Å². The Hall–Kier alpha value is -2.32. The second-order valence-corrected chi connectivity index (χ2v) is 6.54. The quantitative estimate of drug-likeness (QED) is 0.702. The standard InChI is InChI=1S/C19H20ClF3N2O3/c1-2-8-25(12-16(26)14-4-3-7-24-11-14)18(27)10-13-5-6-17(15(20)9-13)28-19(21,22)23/h3-7,9,11,16,26H,2,8,10,12H2,1H3/t16-/m1/s1. The van der Waals surface area contributed by atoms with Gasteiger partial charge >= 0.3 is 6.36 Å². The molecule has 1 heterocycles. The zero-order valence-corrected chi connectivity index (χ0v) is 15.9. The van der Waals surface area contributed by atoms with Crippen molar-refractivity contribution in [1.82, 2.24) is 9.88 Å². The molecule has 1 aromatic heterocycles. The molecular formula is C19H20ClF3N2O3. The third-order valence-electron chi connectivity index (χ3n) is 3.89. The Labute approximate surface area is 165 Å². The minimum absolute atomic E-state index is 0.0637. The molecule has 1 amide bonds. The fourth-order valence-electron chi connectivity index (χ4n) is 2.62. The van der Waals surface area contributed by atoms with Crippen LogP contribution in [0.25, 0.3) is 0 Å². The summed E-state index contributed by atoms with van der Waals surface area (Å²) in [5.74, 6) is -0.798. The number of alkyl halides is 3. The van der Waals surface area contributed by atoms with E-state index in [1.165, 1.54) is 23.2 Å². The van der Waals surface area contributed by atoms with Crippen LogP contribution >= 0.6 is 11.6 Å². The van der Waals surface area contributed by atoms with Crippen LogP contribution in [0.5, 0.6) is 5.75 Å². The topological polar surface area (TPSA) is 62.7 Å². The number of aliphatic hydroxyl groups excluding tert-OH is 1. The monoisotopic (exact) mass is 416 g/mol. The molecule has 28 heavy (non-hydrogen) atoms. The Morgan fingerprint density at radius 1 is 1.36 bits per heavy atom. The lowest BCUT2D eigenvalue weighted by atomic mass is 10.1. The lowest BCUT2D eigenvalue weighted by Gasteiger charge is -2.25. The van der Waals surface area contributed by atoms with Gasteiger partial charge in [-0.25, -0.2) is 0 Å². The zero-order valence-electron chi connectivity index (χ0n) is 15.1. The summed E-state index contributed by atoms with van der Waals surface area (Å²) in [5.41, 5.74) is 1.04. The van der Waals surface area contributed by atoms with E-state index in [4.69, 9.17) is 11.6 Å². The van der Waals surface area contributed by atoms with E-state index < -0.39 is 18.2 Å². The van der Waals surface area contributed by atoms with E-state index in [1.54, 1.807) is 18.3 Å². The average Bonchev–Trinajstić information content (AvgIpc) is 2.63. The number of aromatic nitrogens is 1. The highest BCUT2D eigenvalue weighted by atomic mass is 35.5. The number of amides is 1. The van der Waals surface area contributed by atoms with Gasteiger partial charge in [0, 0.05) is 24.5 Å². The highest BCUT2D eigenvalue weighted by Gasteiger charge is 2.32. The van der Waals surface area contributed by atoms with Gasteiger partial charge in [-0.05, 0) is 30.2 Å². The molecule has 9 heteroatoms. The Balaban J connectivity index is 2.06. The molecule has 2 rings (SSSR count). The van der Waals surface area contributed by atoms with Gasteiger partial charge in [0.2, 0.25) is 5.91 Å². The van der Waals surface area contributed by atoms with Gasteiger partial charge in [0.05, 0.1) is 24.1 Å². The molecule has 0 saturated heterocycles. The van der Waals surface area contributed by atoms with Gasteiger partial charge in [0.1, 0.15) is 5.75 Å². The Morgan fingerprint density at radius 2 is 2.11 bits per heavy atom. The van der Waals surface area contributed by atoms with Crippen molar-refractivity contribution in [2.24, 2.45) is 0 Å². The smallest absolute Gasteiger partial charge is 0.404 e. The summed E-state index contributed by atoms with van der Waals surface area (Å²) in [4.78, 5) is 18.1. The second-order valence-electron chi connectivity index (χ2n) is 6.13. The largest absolute Gasteiger partial charge is 0.573 e. The average molecular weight is 417 g/mol. The van der Waals surface area contributed by atoms with Crippen LogP contribution in [0.3, 0.4) is 0 Å². The molecule has 0 bridgehead atoms. The number of carbonyl (C=O) groups is 1. The molecular weight excluding hydrogens is 397 g/mol. The summed E-state index contributed by atoms with van der Waals surface area (Å²) in [5, 5.41) is 10.1. The number of hydrogen-bond donors (Lipinski definition) is 1. The summed E-state index contributed by atoms with van der Waals surface area (Å²) in [6.07, 6.45) is -2.01. The highest BCUT2D eigenvalue weighted by molar-refractivity contribution is 6.32. The van der Waals surface area contributed by atoms with Crippen LogP contribution in [-0.4, -0.2) is 40.3 Å². The van der Waals surface area contributed by atoms with Crippen LogP contribution in [0.2, 0.25) is 5.02 Å². The fourth-order valence-corrected chi connectivity index (χ4v) is 2.86. The summed E-state index contributed by atoms with van der Waals surface area (Å²) in [6.45, 7) is 2.41. The SMILES string of the molecule is CCCN(C[C@@H](O)c1cccnc1)C(=O)Cc1ccc(OC(F)(F)F)c(Cl)c1. The number of rotatable bonds is 8. The number of aliphatic hydroxyl groups is 1. The molecule has 0 fully saturated rings. The third-order valence-corrected chi connectivity index (χ3v) is 4.18. The molecule has 2 aromatic rings. The number of benzene rings is 1. The molecule has 152 valence electrons. The number of carbonyl (C=O) groups excluding carboxylic acids is 1. The molecule has 0 unspecified atom stereocenters. The van der Waals surface area contributed by atoms with Crippen molar-refractivity contribution >= 4 is 17.5 Å². The van der Waals surface area contributed by atoms with Gasteiger partial charge in [-0.1, -0.05) is 30.7 Å². The number of hydrogen-bond acceptors (Lipinski definition) is 4. The van der Waals surface area contributed by atoms with Crippen LogP contribution in [0, 0.1) is 0 Å². The molecule has 0 aliphatic rings. The van der Waals surface area contributed by atoms with E-state index in [2.05, 4.69) is 9.72 Å². The Morgan fingerprint density at radius 3 is 2.68 bits per heavy atom. The summed E-state index contributed by atoms with van der Waals surface area (Å²) in [6, 6.07) is 7.10. The molecule has 0 aliphatic heterocycles. The Kier molecular flexibility index (Phi) is 7.65. The molecule has 1 N–H and O–H groups in total. The maximum absolute atomic E-state index is 12.6. The molecule has 0 radical (unpaired) electrons. The summed E-state index contributed by atoms with van der Waals surface area (Å²) >= 11 is 5.83. The number of halogens is 4. The highest BCUT2D eigenvalue weighted by Crippen LogP contribution is 2.31. The molecule has 0 spiro atoms. The van der Waals surface area contributed by atoms with Crippen LogP contribution in [0.4, 0.5) is 13.2 Å². The van der Waals surface area contributed by atoms with Gasteiger partial charge in [0.15, 0.2) is 0 Å². The first-order chi connectivity index (χ1) is 13.2. The van der Waals surface area contributed by atoms with Gasteiger partial charge in [-0.15, -0.1) is 13.2 Å². The predicted molar refractivity (Wildman–Crippen MR) is 97.9 cm³/mol. The van der Waals surface area contributed by atoms with Crippen molar-refractivity contribution in [3.8, 4) is 5.75 Å². The van der Waals surface area contributed by atoms with Gasteiger partial charge in [-0.3, -0.25) is 9.78 Å². The van der Waals surface area contributed by atoms with E-state index >= 15 is 0 Å². The van der Waals surface area contributed by atoms with E-state index in [9.17, 15) is 23.1 Å². The van der Waals surface area contributed by atoms with Crippen molar-refractivity contribution < 1.29 is 27.8 Å². The van der Waals surface area contributed by atoms with Gasteiger partial charge in [-0.2, -0.15) is 0 Å². The lowest BCUT2D eigenvalue weighted by molar-refractivity contribution is -0.274. The first-order valence-electron chi connectivity index (χ1n) is 8.59. The van der Waals surface area contributed by atoms with Crippen molar-refractivity contribution in [2.45, 2.75) is 32.2 Å². The van der Waals surface area contributed by atoms with E-state index in [0.717, 1.165) is 6.07 Å². The van der Waals surface area contributed by atoms with Crippen LogP contribution in [0.15, 0.2) is 42.7 Å². The third kappa shape index (κ3) is 6.69. The molecule has 1 atom stereocenters. The normalized spacial score (nSPS) is 12.5. The zero-order chi connectivity index (χ0) is 20.7. The molecule has 0 aliphatic carbocycles. The lowest BCUT2D eigenvalue weighted by Crippen LogP contribution is -2.36. The van der Waals surface area contributed by atoms with E-state index in [-0.39, 0.29) is 23.9 Å². The Bertz CT molecular complexity index is 788. The van der Waals surface area contributed by atoms with Crippen LogP contribution in [0.1, 0.15) is 30.6 Å². The van der Waals surface area contributed by atoms with Gasteiger partial charge in [0.25, 0.3) is 0 Å². The van der Waals surface area contributed by atoms with E-state index in [0.29, 0.717) is 24.1 Å². The minimum Gasteiger partial charge on any atom is -0.404 e. The van der Waals surface area contributed by atoms with Crippen molar-refractivity contribution in [3.05, 3.63) is 58.9 Å². The van der Waals surface area contributed by atoms with E-state index in [1.807, 2.05) is 6.92 Å². The van der Waals surface area contributed by atoms with Crippen molar-refractivity contribution in [3.63, 3.8) is 0 Å². The van der Waals surface area contributed by atoms with Crippen LogP contribution in [-0.2, 0) is 11.2 Å². The molecule has 5 nitrogen and oxygen atoms in total. The van der Waals surface area contributed by atoms with Crippen LogP contribution < -0.4 is 4.74 Å². The first kappa shape index (κ1) is 22.0.